The molecule has 0 spiro atoms. The minimum atomic E-state index is 0.223. The van der Waals surface area contributed by atoms with Crippen molar-refractivity contribution >= 4 is 28.8 Å². The van der Waals surface area contributed by atoms with Crippen molar-refractivity contribution in [2.24, 2.45) is 27.1 Å². The summed E-state index contributed by atoms with van der Waals surface area (Å²) >= 11 is 0. The van der Waals surface area contributed by atoms with Crippen molar-refractivity contribution in [2.45, 2.75) is 321 Å². The van der Waals surface area contributed by atoms with Crippen LogP contribution in [0.5, 0.6) is 0 Å². The summed E-state index contributed by atoms with van der Waals surface area (Å²) in [5.74, 6) is 2.08. The lowest BCUT2D eigenvalue weighted by molar-refractivity contribution is 0.398. The number of hydrogen-bond donors (Lipinski definition) is 0. The normalized spacial score (nSPS) is 10.2. The van der Waals surface area contributed by atoms with Gasteiger partial charge in [0.15, 0.2) is 7.28 Å². The molecule has 0 aliphatic carbocycles. The number of rotatable bonds is 0. The van der Waals surface area contributed by atoms with Crippen molar-refractivity contribution in [3.8, 4) is 0 Å². The Morgan fingerprint density at radius 2 is 0.538 bits per heavy atom. The van der Waals surface area contributed by atoms with Crippen LogP contribution < -0.4 is 0 Å². The van der Waals surface area contributed by atoms with Gasteiger partial charge in [-0.1, -0.05) is 386 Å². The summed E-state index contributed by atoms with van der Waals surface area (Å²) in [6.45, 7) is 93.8. The van der Waals surface area contributed by atoms with Gasteiger partial charge in [-0.2, -0.15) is 10.2 Å². The molecule has 6 heterocycles. The smallest absolute Gasteiger partial charge is 0.176 e. The predicted octanol–water partition coefficient (Wildman–Crippen LogP) is 30.4. The summed E-state index contributed by atoms with van der Waals surface area (Å²) in [6, 6.07) is 39.8. The Balaban J connectivity index is -0.000000118. The van der Waals surface area contributed by atoms with E-state index < -0.39 is 0 Å². The fraction of sp³-hybridized carbons (Fsp3) is 0.547. The van der Waals surface area contributed by atoms with Crippen LogP contribution in [0.25, 0.3) is 21.5 Å². The zero-order valence-corrected chi connectivity index (χ0v) is 77.3. The van der Waals surface area contributed by atoms with Gasteiger partial charge in [0.2, 0.25) is 0 Å². The molecule has 0 N–H and O–H groups in total. The van der Waals surface area contributed by atoms with Gasteiger partial charge in [0, 0.05) is 67.5 Å². The number of hydrogen-bond acceptors (Lipinski definition) is 9. The second-order valence-corrected chi connectivity index (χ2v) is 31.7. The van der Waals surface area contributed by atoms with Gasteiger partial charge >= 0.3 is 0 Å². The highest BCUT2D eigenvalue weighted by atomic mass is 15.1. The first-order chi connectivity index (χ1) is 49.4. The van der Waals surface area contributed by atoms with Gasteiger partial charge in [0.05, 0.1) is 0 Å². The number of nitrogens with zero attached hydrogens (tertiary/aromatic N) is 10. The molecule has 9 aromatic rings. The molecule has 10 nitrogen and oxygen atoms in total. The van der Waals surface area contributed by atoms with E-state index in [9.17, 15) is 0 Å². The van der Waals surface area contributed by atoms with E-state index in [2.05, 4.69) is 366 Å². The third kappa shape index (κ3) is 94.5. The highest BCUT2D eigenvalue weighted by molar-refractivity contribution is 6.52. The molecule has 0 bridgehead atoms. The van der Waals surface area contributed by atoms with E-state index in [0.717, 1.165) is 0 Å². The summed E-state index contributed by atoms with van der Waals surface area (Å²) < 4.78 is 2.19. The Morgan fingerprint density at radius 1 is 0.264 bits per heavy atom. The molecular weight excluding hydrogens is 1290 g/mol. The SMILES string of the molecule is CC.CC.CC.CC.CC.CC.CC.CC.CC(C)(C)C.CC(C)(C)C.CC(C)(C)C.CC(C)(C)C.CC(C)(C)C1=CC=C[B]1.CC(C)(C)c1cccc2ccccc12.CC(C)(C)c1cccc2ccccc12.CC(C)(C)n1cccc1.c1ccnnc1.c1cnccn1.c1cncnc1.c1ncncn1. The van der Waals surface area contributed by atoms with E-state index in [1.54, 1.807) is 55.6 Å². The second kappa shape index (κ2) is 74.3. The van der Waals surface area contributed by atoms with Crippen LogP contribution in [-0.2, 0) is 16.4 Å². The van der Waals surface area contributed by atoms with Gasteiger partial charge in [-0.15, -0.1) is 5.98 Å². The van der Waals surface area contributed by atoms with E-state index in [1.807, 2.05) is 135 Å². The lowest BCUT2D eigenvalue weighted by Gasteiger charge is -2.21. The summed E-state index contributed by atoms with van der Waals surface area (Å²) in [4.78, 5) is 25.5. The van der Waals surface area contributed by atoms with Crippen molar-refractivity contribution in [1.82, 2.24) is 49.7 Å². The average molecular weight is 1460 g/mol. The molecule has 10 rings (SSSR count). The zero-order valence-electron chi connectivity index (χ0n) is 77.3. The molecule has 106 heavy (non-hydrogen) atoms. The Morgan fingerprint density at radius 3 is 0.708 bits per heavy atom. The first kappa shape index (κ1) is 120. The van der Waals surface area contributed by atoms with E-state index >= 15 is 0 Å². The maximum atomic E-state index is 3.72. The Bertz CT molecular complexity index is 2760. The summed E-state index contributed by atoms with van der Waals surface area (Å²) in [6.07, 6.45) is 27.4. The zero-order chi connectivity index (χ0) is 85.1. The molecule has 0 fully saturated rings. The van der Waals surface area contributed by atoms with Gasteiger partial charge in [0.25, 0.3) is 0 Å². The molecule has 11 heteroatoms. The quantitative estimate of drug-likeness (QED) is 0.137. The Kier molecular flexibility index (Phi) is 83.8. The molecule has 0 unspecified atom stereocenters. The maximum Gasteiger partial charge on any atom is 0.176 e. The number of allylic oxidation sites excluding steroid dienone is 3. The van der Waals surface area contributed by atoms with Crippen LogP contribution in [0.15, 0.2) is 226 Å². The van der Waals surface area contributed by atoms with Crippen LogP contribution in [0.2, 0.25) is 0 Å². The van der Waals surface area contributed by atoms with E-state index in [-0.39, 0.29) is 16.4 Å². The number of fused-ring (bicyclic) bond motifs is 2. The van der Waals surface area contributed by atoms with Gasteiger partial charge in [-0.3, -0.25) is 9.97 Å². The maximum absolute atomic E-state index is 3.72. The molecule has 1 aliphatic rings. The summed E-state index contributed by atoms with van der Waals surface area (Å²) in [5.41, 5.74) is 7.28. The standard InChI is InChI=1S/2C14H16.C8H12B.C8H13N.4C5H12.3C4H4N2.C3H3N3.8C2H6/c2*1-14(2,3)13-10-6-8-11-7-4-5-9-12(11)13;1-8(2,3)7-5-4-6-9-7;1-8(2,3)9-6-4-5-7-9;4*1-5(2,3)4;1-2-6-4-3-5-1;1-2-5-4-6-3-1;1-2-4-6-5-3-1;1-4-2-6-3-5-1;8*1-2/h2*4-10H,1-3H3;4-6H,1-3H3;4-7H,1-3H3;4*1-4H3;3*1-4H;1-3H;8*1-2H3. The minimum absolute atomic E-state index is 0.223. The van der Waals surface area contributed by atoms with Crippen molar-refractivity contribution in [3.05, 3.63) is 237 Å². The fourth-order valence-corrected chi connectivity index (χ4v) is 6.38. The molecule has 4 aromatic carbocycles. The number of aromatic nitrogens is 10. The first-order valence-electron chi connectivity index (χ1n) is 39.4. The number of benzene rings is 4. The topological polar surface area (TPSA) is 121 Å². The third-order valence-corrected chi connectivity index (χ3v) is 9.94. The van der Waals surface area contributed by atoms with Crippen LogP contribution in [0, 0.1) is 27.1 Å². The largest absolute Gasteiger partial charge is 0.349 e. The summed E-state index contributed by atoms with van der Waals surface area (Å²) in [7, 11) is 2.17. The van der Waals surface area contributed by atoms with Crippen molar-refractivity contribution in [2.75, 3.05) is 0 Å². The fourth-order valence-electron chi connectivity index (χ4n) is 6.38. The highest BCUT2D eigenvalue weighted by Crippen LogP contribution is 2.31. The van der Waals surface area contributed by atoms with E-state index in [4.69, 9.17) is 0 Å². The van der Waals surface area contributed by atoms with Crippen LogP contribution in [0.4, 0.5) is 0 Å². The van der Waals surface area contributed by atoms with Crippen molar-refractivity contribution < 1.29 is 0 Å². The van der Waals surface area contributed by atoms with Gasteiger partial charge in [0.1, 0.15) is 25.3 Å². The second-order valence-electron chi connectivity index (χ2n) is 31.7. The van der Waals surface area contributed by atoms with Gasteiger partial charge in [-0.25, -0.2) is 24.9 Å². The molecular formula is C95H168BN10. The van der Waals surface area contributed by atoms with E-state index in [0.29, 0.717) is 27.1 Å². The van der Waals surface area contributed by atoms with Crippen molar-refractivity contribution in [3.63, 3.8) is 0 Å². The molecule has 0 amide bonds. The molecule has 0 atom stereocenters. The van der Waals surface area contributed by atoms with Gasteiger partial charge < -0.3 is 4.57 Å². The minimum Gasteiger partial charge on any atom is -0.349 e. The molecule has 0 saturated carbocycles. The predicted molar refractivity (Wildman–Crippen MR) is 484 cm³/mol. The van der Waals surface area contributed by atoms with Crippen LogP contribution in [0.1, 0.15) is 316 Å². The summed E-state index contributed by atoms with van der Waals surface area (Å²) in [5, 5.41) is 12.5. The average Bonchev–Trinajstić information content (AvgIpc) is 1.03. The highest BCUT2D eigenvalue weighted by Gasteiger charge is 2.18. The van der Waals surface area contributed by atoms with E-state index in [1.165, 1.54) is 63.5 Å². The lowest BCUT2D eigenvalue weighted by atomic mass is 9.62. The Labute approximate surface area is 660 Å². The van der Waals surface area contributed by atoms with Crippen LogP contribution in [0.3, 0.4) is 0 Å². The third-order valence-electron chi connectivity index (χ3n) is 9.94. The van der Waals surface area contributed by atoms with Crippen LogP contribution >= 0.6 is 0 Å². The molecule has 1 radical (unpaired) electrons. The molecule has 5 aromatic heterocycles. The molecule has 0 saturated heterocycles. The lowest BCUT2D eigenvalue weighted by Crippen LogP contribution is -2.19. The van der Waals surface area contributed by atoms with Gasteiger partial charge in [-0.05, 0) is 122 Å². The monoisotopic (exact) mass is 1460 g/mol. The molecule has 601 valence electrons. The van der Waals surface area contributed by atoms with Crippen molar-refractivity contribution in [1.29, 1.82) is 0 Å². The first-order valence-corrected chi connectivity index (χ1v) is 39.4. The van der Waals surface area contributed by atoms with Crippen LogP contribution in [-0.4, -0.2) is 56.9 Å². The molecule has 1 aliphatic heterocycles. The Hall–Kier alpha value is -7.53.